The van der Waals surface area contributed by atoms with E-state index in [0.29, 0.717) is 31.8 Å². The number of aryl methyl sites for hydroxylation is 2. The van der Waals surface area contributed by atoms with E-state index in [1.54, 1.807) is 6.20 Å². The molecule has 0 N–H and O–H groups in total. The number of hydrogen-bond donors (Lipinski definition) is 0. The molecule has 0 radical (unpaired) electrons. The third kappa shape index (κ3) is 4.58. The predicted molar refractivity (Wildman–Crippen MR) is 122 cm³/mol. The summed E-state index contributed by atoms with van der Waals surface area (Å²) in [4.78, 5) is 36.8. The van der Waals surface area contributed by atoms with Gasteiger partial charge < -0.3 is 9.32 Å². The zero-order valence-electron chi connectivity index (χ0n) is 19.4. The average molecular weight is 439 g/mol. The molecule has 2 aromatic heterocycles. The lowest BCUT2D eigenvalue weighted by Crippen LogP contribution is -2.57. The first kappa shape index (κ1) is 22.5. The first-order valence-electron chi connectivity index (χ1n) is 11.7. The molecule has 2 fully saturated rings. The van der Waals surface area contributed by atoms with Gasteiger partial charge >= 0.3 is 6.03 Å². The maximum absolute atomic E-state index is 13.6. The Labute approximate surface area is 190 Å². The third-order valence-electron chi connectivity index (χ3n) is 6.60. The maximum atomic E-state index is 13.6. The molecule has 3 amide bonds. The van der Waals surface area contributed by atoms with Gasteiger partial charge in [0, 0.05) is 38.6 Å². The van der Waals surface area contributed by atoms with Crippen molar-refractivity contribution in [2.45, 2.75) is 58.5 Å². The van der Waals surface area contributed by atoms with Crippen molar-refractivity contribution >= 4 is 11.9 Å². The van der Waals surface area contributed by atoms with Crippen LogP contribution in [0.1, 0.15) is 50.2 Å². The molecule has 0 aromatic carbocycles. The normalized spacial score (nSPS) is 19.0. The average Bonchev–Trinajstić information content (AvgIpc) is 3.26. The van der Waals surface area contributed by atoms with Gasteiger partial charge in [-0.2, -0.15) is 0 Å². The van der Waals surface area contributed by atoms with Crippen molar-refractivity contribution < 1.29 is 14.0 Å². The third-order valence-corrected chi connectivity index (χ3v) is 6.60. The van der Waals surface area contributed by atoms with Gasteiger partial charge in [0.05, 0.1) is 6.54 Å². The Morgan fingerprint density at radius 2 is 1.94 bits per heavy atom. The number of rotatable bonds is 8. The molecule has 2 saturated heterocycles. The van der Waals surface area contributed by atoms with Gasteiger partial charge in [-0.25, -0.2) is 4.79 Å². The van der Waals surface area contributed by atoms with Gasteiger partial charge in [-0.15, -0.1) is 0 Å². The number of piperidine rings is 1. The maximum Gasteiger partial charge on any atom is 0.327 e. The molecule has 0 unspecified atom stereocenters. The van der Waals surface area contributed by atoms with Crippen LogP contribution in [0, 0.1) is 12.8 Å². The predicted octanol–water partition coefficient (Wildman–Crippen LogP) is 3.87. The number of carbonyl (C=O) groups excluding carboxylic acids is 2. The smallest absolute Gasteiger partial charge is 0.327 e. The van der Waals surface area contributed by atoms with Crippen LogP contribution in [0.5, 0.6) is 0 Å². The summed E-state index contributed by atoms with van der Waals surface area (Å²) in [6.07, 6.45) is 6.49. The minimum atomic E-state index is -0.703. The molecular formula is C25H34N4O3. The molecule has 0 bridgehead atoms. The number of likely N-dealkylation sites (tertiary alicyclic amines) is 1. The molecule has 32 heavy (non-hydrogen) atoms. The van der Waals surface area contributed by atoms with Crippen LogP contribution in [-0.2, 0) is 17.8 Å². The number of carbonyl (C=O) groups is 2. The Bertz CT molecular complexity index is 932. The summed E-state index contributed by atoms with van der Waals surface area (Å²) < 4.78 is 5.73. The van der Waals surface area contributed by atoms with Crippen LogP contribution in [0.4, 0.5) is 4.79 Å². The monoisotopic (exact) mass is 438 g/mol. The second-order valence-electron chi connectivity index (χ2n) is 9.53. The van der Waals surface area contributed by atoms with E-state index in [2.05, 4.69) is 23.7 Å². The number of imide groups is 1. The van der Waals surface area contributed by atoms with Crippen molar-refractivity contribution in [3.8, 4) is 0 Å². The van der Waals surface area contributed by atoms with E-state index >= 15 is 0 Å². The van der Waals surface area contributed by atoms with E-state index in [9.17, 15) is 9.59 Å². The zero-order chi connectivity index (χ0) is 22.7. The molecule has 2 aliphatic rings. The Balaban J connectivity index is 1.43. The van der Waals surface area contributed by atoms with Crippen molar-refractivity contribution in [1.29, 1.82) is 0 Å². The lowest BCUT2D eigenvalue weighted by Gasteiger charge is -2.42. The molecule has 1 spiro atoms. The van der Waals surface area contributed by atoms with Gasteiger partial charge in [-0.1, -0.05) is 19.9 Å². The highest BCUT2D eigenvalue weighted by Gasteiger charge is 2.57. The summed E-state index contributed by atoms with van der Waals surface area (Å²) in [6, 6.07) is 7.82. The minimum Gasteiger partial charge on any atom is -0.465 e. The summed E-state index contributed by atoms with van der Waals surface area (Å²) in [5.74, 6) is 2.16. The van der Waals surface area contributed by atoms with Crippen LogP contribution in [0.15, 0.2) is 41.1 Å². The van der Waals surface area contributed by atoms with Crippen LogP contribution in [-0.4, -0.2) is 63.3 Å². The topological polar surface area (TPSA) is 69.9 Å². The number of hydrogen-bond acceptors (Lipinski definition) is 5. The molecule has 0 atom stereocenters. The molecular weight excluding hydrogens is 404 g/mol. The lowest BCUT2D eigenvalue weighted by molar-refractivity contribution is -0.136. The summed E-state index contributed by atoms with van der Waals surface area (Å²) in [5, 5.41) is 0. The summed E-state index contributed by atoms with van der Waals surface area (Å²) in [6.45, 7) is 9.51. The molecule has 2 aliphatic heterocycles. The Morgan fingerprint density at radius 1 is 1.16 bits per heavy atom. The van der Waals surface area contributed by atoms with Crippen molar-refractivity contribution in [1.82, 2.24) is 19.7 Å². The van der Waals surface area contributed by atoms with Crippen LogP contribution < -0.4 is 0 Å². The Hall–Kier alpha value is -2.67. The molecule has 0 aliphatic carbocycles. The standard InChI is InChI=1S/C25H34N4O3/c1-19(2)17-29-24(31)28(13-5-7-21-6-4-12-26-16-21)23(30)25(29)10-14-27(15-11-25)18-22-9-8-20(3)32-22/h4,6,8-9,12,16,19H,5,7,10-11,13-15,17-18H2,1-3H3. The van der Waals surface area contributed by atoms with Crippen LogP contribution in [0.3, 0.4) is 0 Å². The van der Waals surface area contributed by atoms with E-state index in [0.717, 1.165) is 49.6 Å². The number of pyridine rings is 1. The van der Waals surface area contributed by atoms with Gasteiger partial charge in [-0.3, -0.25) is 19.6 Å². The lowest BCUT2D eigenvalue weighted by atomic mass is 9.85. The number of amides is 3. The molecule has 7 nitrogen and oxygen atoms in total. The van der Waals surface area contributed by atoms with Crippen molar-refractivity contribution in [3.63, 3.8) is 0 Å². The van der Waals surface area contributed by atoms with E-state index in [4.69, 9.17) is 4.42 Å². The first-order valence-corrected chi connectivity index (χ1v) is 11.7. The van der Waals surface area contributed by atoms with Crippen molar-refractivity contribution in [2.75, 3.05) is 26.2 Å². The van der Waals surface area contributed by atoms with Crippen LogP contribution in [0.2, 0.25) is 0 Å². The Morgan fingerprint density at radius 3 is 2.56 bits per heavy atom. The fraction of sp³-hybridized carbons (Fsp3) is 0.560. The fourth-order valence-electron chi connectivity index (χ4n) is 4.94. The van der Waals surface area contributed by atoms with Crippen LogP contribution in [0.25, 0.3) is 0 Å². The molecule has 0 saturated carbocycles. The number of urea groups is 1. The largest absolute Gasteiger partial charge is 0.465 e. The Kier molecular flexibility index (Phi) is 6.65. The highest BCUT2D eigenvalue weighted by molar-refractivity contribution is 6.07. The summed E-state index contributed by atoms with van der Waals surface area (Å²) >= 11 is 0. The second kappa shape index (κ2) is 9.45. The quantitative estimate of drug-likeness (QED) is 0.585. The minimum absolute atomic E-state index is 0.0113. The van der Waals surface area contributed by atoms with Crippen LogP contribution >= 0.6 is 0 Å². The highest BCUT2D eigenvalue weighted by atomic mass is 16.3. The molecule has 4 rings (SSSR count). The molecule has 172 valence electrons. The van der Waals surface area contributed by atoms with E-state index in [1.807, 2.05) is 42.3 Å². The molecule has 7 heteroatoms. The second-order valence-corrected chi connectivity index (χ2v) is 9.53. The van der Waals surface area contributed by atoms with Gasteiger partial charge in [0.1, 0.15) is 17.1 Å². The van der Waals surface area contributed by atoms with Gasteiger partial charge in [0.15, 0.2) is 0 Å². The van der Waals surface area contributed by atoms with Gasteiger partial charge in [0.2, 0.25) is 0 Å². The van der Waals surface area contributed by atoms with E-state index in [1.165, 1.54) is 4.90 Å². The van der Waals surface area contributed by atoms with Gasteiger partial charge in [0.25, 0.3) is 5.91 Å². The first-order chi connectivity index (χ1) is 15.4. The van der Waals surface area contributed by atoms with Gasteiger partial charge in [-0.05, 0) is 62.3 Å². The SMILES string of the molecule is Cc1ccc(CN2CCC3(CC2)C(=O)N(CCCc2cccnc2)C(=O)N3CC(C)C)o1. The van der Waals surface area contributed by atoms with Crippen molar-refractivity contribution in [2.24, 2.45) is 5.92 Å². The highest BCUT2D eigenvalue weighted by Crippen LogP contribution is 2.38. The van der Waals surface area contributed by atoms with Crippen molar-refractivity contribution in [3.05, 3.63) is 53.7 Å². The van der Waals surface area contributed by atoms with E-state index in [-0.39, 0.29) is 11.9 Å². The number of aromatic nitrogens is 1. The number of furan rings is 1. The molecule has 4 heterocycles. The fourth-order valence-corrected chi connectivity index (χ4v) is 4.94. The number of nitrogens with zero attached hydrogens (tertiary/aromatic N) is 4. The summed E-state index contributed by atoms with van der Waals surface area (Å²) in [7, 11) is 0. The molecule has 2 aromatic rings. The van der Waals surface area contributed by atoms with E-state index < -0.39 is 5.54 Å². The summed E-state index contributed by atoms with van der Waals surface area (Å²) in [5.41, 5.74) is 0.424. The zero-order valence-corrected chi connectivity index (χ0v) is 19.4.